The van der Waals surface area contributed by atoms with E-state index in [9.17, 15) is 4.79 Å². The maximum atomic E-state index is 12.4. The zero-order chi connectivity index (χ0) is 17.0. The molecule has 0 aromatic carbocycles. The van der Waals surface area contributed by atoms with Crippen molar-refractivity contribution >= 4 is 11.9 Å². The van der Waals surface area contributed by atoms with Gasteiger partial charge in [0.15, 0.2) is 0 Å². The number of nitrogens with zero attached hydrogens (tertiary/aromatic N) is 3. The van der Waals surface area contributed by atoms with E-state index in [0.29, 0.717) is 18.4 Å². The Morgan fingerprint density at radius 1 is 1.43 bits per heavy atom. The number of anilines is 1. The second kappa shape index (κ2) is 7.30. The van der Waals surface area contributed by atoms with Gasteiger partial charge in [0.25, 0.3) is 0 Å². The molecule has 1 saturated heterocycles. The Hall–Kier alpha value is -1.62. The molecule has 0 bridgehead atoms. The van der Waals surface area contributed by atoms with Crippen LogP contribution in [0.4, 0.5) is 10.6 Å². The molecule has 1 atom stereocenters. The van der Waals surface area contributed by atoms with Crippen LogP contribution in [0, 0.1) is 0 Å². The largest absolute Gasteiger partial charge is 0.443 e. The summed E-state index contributed by atoms with van der Waals surface area (Å²) in [5, 5.41) is 0. The third kappa shape index (κ3) is 4.67. The quantitative estimate of drug-likeness (QED) is 0.841. The first-order valence-electron chi connectivity index (χ1n) is 8.48. The van der Waals surface area contributed by atoms with E-state index >= 15 is 0 Å². The van der Waals surface area contributed by atoms with Crippen molar-refractivity contribution in [1.29, 1.82) is 0 Å². The summed E-state index contributed by atoms with van der Waals surface area (Å²) >= 11 is 0. The van der Waals surface area contributed by atoms with E-state index < -0.39 is 5.60 Å². The van der Waals surface area contributed by atoms with Gasteiger partial charge in [0, 0.05) is 18.8 Å². The van der Waals surface area contributed by atoms with Crippen LogP contribution in [0.2, 0.25) is 0 Å². The van der Waals surface area contributed by atoms with Crippen molar-refractivity contribution in [3.8, 4) is 0 Å². The number of rotatable bonds is 4. The van der Waals surface area contributed by atoms with Gasteiger partial charge in [0.1, 0.15) is 11.4 Å². The Kier molecular flexibility index (Phi) is 5.63. The van der Waals surface area contributed by atoms with E-state index in [1.54, 1.807) is 4.90 Å². The number of hydrogen-bond donors (Lipinski definition) is 0. The molecule has 0 radical (unpaired) electrons. The number of ether oxygens (including phenoxy) is 1. The van der Waals surface area contributed by atoms with Gasteiger partial charge in [0.05, 0.1) is 0 Å². The van der Waals surface area contributed by atoms with Gasteiger partial charge < -0.3 is 4.74 Å². The van der Waals surface area contributed by atoms with Crippen molar-refractivity contribution in [2.75, 3.05) is 25.0 Å². The molecular weight excluding hydrogens is 290 g/mol. The minimum Gasteiger partial charge on any atom is -0.443 e. The van der Waals surface area contributed by atoms with E-state index in [0.717, 1.165) is 13.0 Å². The van der Waals surface area contributed by atoms with Gasteiger partial charge in [-0.25, -0.2) is 9.78 Å². The van der Waals surface area contributed by atoms with Crippen LogP contribution in [0.3, 0.4) is 0 Å². The number of carbonyl (C=O) groups excluding carboxylic acids is 1. The van der Waals surface area contributed by atoms with Crippen molar-refractivity contribution in [2.45, 2.75) is 58.6 Å². The normalized spacial score (nSPS) is 18.9. The third-order valence-electron chi connectivity index (χ3n) is 4.01. The van der Waals surface area contributed by atoms with Crippen LogP contribution in [0.5, 0.6) is 0 Å². The van der Waals surface area contributed by atoms with Crippen LogP contribution in [0.1, 0.15) is 58.6 Å². The molecule has 0 N–H and O–H groups in total. The Morgan fingerprint density at radius 2 is 2.17 bits per heavy atom. The predicted molar refractivity (Wildman–Crippen MR) is 92.7 cm³/mol. The molecule has 1 aromatic rings. The van der Waals surface area contributed by atoms with E-state index in [-0.39, 0.29) is 6.09 Å². The lowest BCUT2D eigenvalue weighted by molar-refractivity contribution is 0.0579. The second-order valence-electron chi connectivity index (χ2n) is 7.22. The lowest BCUT2D eigenvalue weighted by Gasteiger charge is -2.27. The molecule has 1 aliphatic heterocycles. The average molecular weight is 319 g/mol. The molecule has 2 heterocycles. The molecule has 1 aliphatic rings. The monoisotopic (exact) mass is 319 g/mol. The minimum absolute atomic E-state index is 0.336. The molecule has 23 heavy (non-hydrogen) atoms. The SMILES string of the molecule is CCCN(C(=O)OC(C)(C)C)c1ccc([C@H]2CCCN2C)cn1. The first kappa shape index (κ1) is 17.7. The highest BCUT2D eigenvalue weighted by molar-refractivity contribution is 5.86. The molecule has 0 unspecified atom stereocenters. The summed E-state index contributed by atoms with van der Waals surface area (Å²) in [6.07, 6.45) is 4.81. The summed E-state index contributed by atoms with van der Waals surface area (Å²) in [6, 6.07) is 4.46. The Balaban J connectivity index is 2.14. The van der Waals surface area contributed by atoms with Crippen LogP contribution in [0.15, 0.2) is 18.3 Å². The van der Waals surface area contributed by atoms with E-state index in [4.69, 9.17) is 4.74 Å². The van der Waals surface area contributed by atoms with Crippen LogP contribution < -0.4 is 4.90 Å². The number of aromatic nitrogens is 1. The zero-order valence-electron chi connectivity index (χ0n) is 15.0. The smallest absolute Gasteiger partial charge is 0.416 e. The Labute approximate surface area is 139 Å². The van der Waals surface area contributed by atoms with Crippen molar-refractivity contribution in [3.63, 3.8) is 0 Å². The van der Waals surface area contributed by atoms with Gasteiger partial charge in [-0.1, -0.05) is 13.0 Å². The van der Waals surface area contributed by atoms with E-state index in [2.05, 4.69) is 23.0 Å². The van der Waals surface area contributed by atoms with Gasteiger partial charge in [-0.05, 0) is 65.3 Å². The molecule has 5 nitrogen and oxygen atoms in total. The Bertz CT molecular complexity index is 522. The van der Waals surface area contributed by atoms with Crippen LogP contribution >= 0.6 is 0 Å². The van der Waals surface area contributed by atoms with E-state index in [1.807, 2.05) is 40.0 Å². The number of pyridine rings is 1. The van der Waals surface area contributed by atoms with Crippen LogP contribution in [-0.4, -0.2) is 41.7 Å². The van der Waals surface area contributed by atoms with E-state index in [1.165, 1.54) is 18.4 Å². The summed E-state index contributed by atoms with van der Waals surface area (Å²) in [6.45, 7) is 9.40. The van der Waals surface area contributed by atoms with Crippen molar-refractivity contribution in [1.82, 2.24) is 9.88 Å². The third-order valence-corrected chi connectivity index (χ3v) is 4.01. The molecule has 1 aromatic heterocycles. The maximum Gasteiger partial charge on any atom is 0.416 e. The highest BCUT2D eigenvalue weighted by Gasteiger charge is 2.25. The lowest BCUT2D eigenvalue weighted by Crippen LogP contribution is -2.37. The lowest BCUT2D eigenvalue weighted by atomic mass is 10.1. The number of carbonyl (C=O) groups is 1. The van der Waals surface area contributed by atoms with Gasteiger partial charge in [0.2, 0.25) is 0 Å². The van der Waals surface area contributed by atoms with Crippen molar-refractivity contribution in [2.24, 2.45) is 0 Å². The standard InChI is InChI=1S/C18H29N3O2/c1-6-11-21(17(22)23-18(2,3)4)16-10-9-14(13-19-16)15-8-7-12-20(15)5/h9-10,13,15H,6-8,11-12H2,1-5H3/t15-/m1/s1. The van der Waals surface area contributed by atoms with Gasteiger partial charge in [-0.15, -0.1) is 0 Å². The number of amides is 1. The molecule has 0 saturated carbocycles. The van der Waals surface area contributed by atoms with Gasteiger partial charge in [-0.2, -0.15) is 0 Å². The maximum absolute atomic E-state index is 12.4. The highest BCUT2D eigenvalue weighted by Crippen LogP contribution is 2.30. The fraction of sp³-hybridized carbons (Fsp3) is 0.667. The van der Waals surface area contributed by atoms with Crippen LogP contribution in [-0.2, 0) is 4.74 Å². The summed E-state index contributed by atoms with van der Waals surface area (Å²) in [4.78, 5) is 20.9. The van der Waals surface area contributed by atoms with Gasteiger partial charge >= 0.3 is 6.09 Å². The fourth-order valence-electron chi connectivity index (χ4n) is 2.93. The number of hydrogen-bond acceptors (Lipinski definition) is 4. The van der Waals surface area contributed by atoms with Crippen molar-refractivity contribution in [3.05, 3.63) is 23.9 Å². The molecule has 128 valence electrons. The topological polar surface area (TPSA) is 45.7 Å². The molecule has 0 spiro atoms. The first-order chi connectivity index (χ1) is 10.8. The van der Waals surface area contributed by atoms with Crippen molar-refractivity contribution < 1.29 is 9.53 Å². The summed E-state index contributed by atoms with van der Waals surface area (Å²) in [5.41, 5.74) is 0.713. The molecule has 1 amide bonds. The zero-order valence-corrected chi connectivity index (χ0v) is 15.0. The molecule has 0 aliphatic carbocycles. The summed E-state index contributed by atoms with van der Waals surface area (Å²) in [7, 11) is 2.15. The van der Waals surface area contributed by atoms with Gasteiger partial charge in [-0.3, -0.25) is 9.80 Å². The second-order valence-corrected chi connectivity index (χ2v) is 7.22. The van der Waals surface area contributed by atoms with Crippen LogP contribution in [0.25, 0.3) is 0 Å². The fourth-order valence-corrected chi connectivity index (χ4v) is 2.93. The molecule has 1 fully saturated rings. The molecule has 2 rings (SSSR count). The highest BCUT2D eigenvalue weighted by atomic mass is 16.6. The predicted octanol–water partition coefficient (Wildman–Crippen LogP) is 4.00. The number of likely N-dealkylation sites (tertiary alicyclic amines) is 1. The molecular formula is C18H29N3O2. The summed E-state index contributed by atoms with van der Waals surface area (Å²) < 4.78 is 5.49. The first-order valence-corrected chi connectivity index (χ1v) is 8.48. The molecule has 5 heteroatoms. The average Bonchev–Trinajstić information content (AvgIpc) is 2.89. The summed E-state index contributed by atoms with van der Waals surface area (Å²) in [5.74, 6) is 0.658. The Morgan fingerprint density at radius 3 is 2.65 bits per heavy atom. The minimum atomic E-state index is -0.504.